The van der Waals surface area contributed by atoms with Crippen LogP contribution in [0, 0.1) is 0 Å². The minimum Gasteiger partial charge on any atom is -0.378 e. The highest BCUT2D eigenvalue weighted by Crippen LogP contribution is 2.16. The van der Waals surface area contributed by atoms with Gasteiger partial charge in [-0.15, -0.1) is 0 Å². The normalized spacial score (nSPS) is 20.4. The number of hydrogen-bond donors (Lipinski definition) is 1. The van der Waals surface area contributed by atoms with Crippen LogP contribution in [0.4, 0.5) is 0 Å². The first-order valence-electron chi connectivity index (χ1n) is 6.30. The first-order chi connectivity index (χ1) is 8.03. The Morgan fingerprint density at radius 1 is 1.47 bits per heavy atom. The van der Waals surface area contributed by atoms with Crippen molar-refractivity contribution < 1.29 is 9.53 Å². The summed E-state index contributed by atoms with van der Waals surface area (Å²) in [6.07, 6.45) is 0.941. The molecule has 1 aliphatic rings. The molecule has 0 radical (unpaired) electrons. The topological polar surface area (TPSA) is 58.8 Å². The molecule has 1 amide bonds. The summed E-state index contributed by atoms with van der Waals surface area (Å²) in [7, 11) is 1.97. The maximum absolute atomic E-state index is 12.1. The molecule has 1 rings (SSSR count). The smallest absolute Gasteiger partial charge is 0.236 e. The van der Waals surface area contributed by atoms with Gasteiger partial charge in [0.25, 0.3) is 0 Å². The van der Waals surface area contributed by atoms with Crippen molar-refractivity contribution in [3.05, 3.63) is 0 Å². The third-order valence-corrected chi connectivity index (χ3v) is 3.86. The predicted molar refractivity (Wildman–Crippen MR) is 67.8 cm³/mol. The molecule has 1 fully saturated rings. The molecule has 0 bridgehead atoms. The Kier molecular flexibility index (Phi) is 5.36. The van der Waals surface area contributed by atoms with Crippen molar-refractivity contribution in [3.63, 3.8) is 0 Å². The third kappa shape index (κ3) is 3.66. The number of likely N-dealkylation sites (N-methyl/N-ethyl adjacent to an activating group) is 1. The number of morpholine rings is 1. The van der Waals surface area contributed by atoms with E-state index in [1.165, 1.54) is 0 Å². The van der Waals surface area contributed by atoms with E-state index in [0.29, 0.717) is 39.4 Å². The Bertz CT molecular complexity index is 248. The Hall–Kier alpha value is -0.650. The van der Waals surface area contributed by atoms with Gasteiger partial charge in [-0.2, -0.15) is 0 Å². The summed E-state index contributed by atoms with van der Waals surface area (Å²) in [5, 5.41) is 0. The summed E-state index contributed by atoms with van der Waals surface area (Å²) < 4.78 is 5.24. The molecule has 1 unspecified atom stereocenters. The molecule has 5 heteroatoms. The molecule has 0 aliphatic carbocycles. The fourth-order valence-electron chi connectivity index (χ4n) is 1.88. The van der Waals surface area contributed by atoms with Gasteiger partial charge in [0.1, 0.15) is 0 Å². The van der Waals surface area contributed by atoms with Gasteiger partial charge in [0.15, 0.2) is 0 Å². The minimum absolute atomic E-state index is 0.0953. The van der Waals surface area contributed by atoms with Crippen molar-refractivity contribution in [3.8, 4) is 0 Å². The summed E-state index contributed by atoms with van der Waals surface area (Å²) in [5.41, 5.74) is 5.69. The summed E-state index contributed by atoms with van der Waals surface area (Å²) in [5.74, 6) is 0.170. The molecule has 5 nitrogen and oxygen atoms in total. The van der Waals surface area contributed by atoms with Crippen LogP contribution in [0.3, 0.4) is 0 Å². The minimum atomic E-state index is -0.0953. The zero-order valence-electron chi connectivity index (χ0n) is 11.2. The average Bonchev–Trinajstić information content (AvgIpc) is 2.38. The van der Waals surface area contributed by atoms with Gasteiger partial charge >= 0.3 is 0 Å². The van der Waals surface area contributed by atoms with Gasteiger partial charge < -0.3 is 15.4 Å². The van der Waals surface area contributed by atoms with Crippen LogP contribution in [-0.2, 0) is 9.53 Å². The predicted octanol–water partition coefficient (Wildman–Crippen LogP) is -0.0956. The lowest BCUT2D eigenvalue weighted by Gasteiger charge is -2.38. The van der Waals surface area contributed by atoms with Gasteiger partial charge in [-0.1, -0.05) is 6.92 Å². The molecule has 0 saturated carbocycles. The van der Waals surface area contributed by atoms with Crippen LogP contribution in [0.15, 0.2) is 0 Å². The van der Waals surface area contributed by atoms with E-state index in [1.54, 1.807) is 0 Å². The van der Waals surface area contributed by atoms with Crippen molar-refractivity contribution in [2.45, 2.75) is 25.8 Å². The van der Waals surface area contributed by atoms with Crippen molar-refractivity contribution >= 4 is 5.91 Å². The molecule has 0 aromatic carbocycles. The Morgan fingerprint density at radius 2 is 2.06 bits per heavy atom. The van der Waals surface area contributed by atoms with Gasteiger partial charge in [0, 0.05) is 25.2 Å². The second kappa shape index (κ2) is 6.33. The molecule has 1 aliphatic heterocycles. The van der Waals surface area contributed by atoms with Crippen LogP contribution in [0.2, 0.25) is 0 Å². The number of carbonyl (C=O) groups excluding carboxylic acids is 1. The third-order valence-electron chi connectivity index (χ3n) is 3.86. The standard InChI is InChI=1S/C12H25N3O2/c1-4-12(2,10-13)14(3)9-11(16)15-5-7-17-8-6-15/h4-10,13H2,1-3H3. The van der Waals surface area contributed by atoms with Crippen molar-refractivity contribution in [1.29, 1.82) is 0 Å². The lowest BCUT2D eigenvalue weighted by Crippen LogP contribution is -2.54. The largest absolute Gasteiger partial charge is 0.378 e. The SMILES string of the molecule is CCC(C)(CN)N(C)CC(=O)N1CCOCC1. The second-order valence-electron chi connectivity index (χ2n) is 4.90. The lowest BCUT2D eigenvalue weighted by atomic mass is 9.97. The highest BCUT2D eigenvalue weighted by molar-refractivity contribution is 5.78. The van der Waals surface area contributed by atoms with E-state index in [2.05, 4.69) is 18.7 Å². The summed E-state index contributed by atoms with van der Waals surface area (Å²) >= 11 is 0. The average molecular weight is 243 g/mol. The number of amides is 1. The molecule has 0 aromatic rings. The number of rotatable bonds is 5. The first kappa shape index (κ1) is 14.4. The van der Waals surface area contributed by atoms with Crippen molar-refractivity contribution in [2.24, 2.45) is 5.73 Å². The Labute approximate surface area is 104 Å². The molecule has 17 heavy (non-hydrogen) atoms. The van der Waals surface area contributed by atoms with Gasteiger partial charge in [0.05, 0.1) is 19.8 Å². The van der Waals surface area contributed by atoms with Crippen molar-refractivity contribution in [2.75, 3.05) is 46.4 Å². The lowest BCUT2D eigenvalue weighted by molar-refractivity contribution is -0.137. The van der Waals surface area contributed by atoms with Gasteiger partial charge in [-0.25, -0.2) is 0 Å². The molecule has 1 saturated heterocycles. The van der Waals surface area contributed by atoms with Crippen molar-refractivity contribution in [1.82, 2.24) is 9.80 Å². The number of carbonyl (C=O) groups is 1. The van der Waals surface area contributed by atoms with E-state index in [9.17, 15) is 4.79 Å². The molecular formula is C12H25N3O2. The summed E-state index contributed by atoms with van der Waals surface area (Å²) in [6.45, 7) is 7.91. The molecule has 0 aromatic heterocycles. The number of nitrogens with two attached hydrogens (primary N) is 1. The van der Waals surface area contributed by atoms with E-state index >= 15 is 0 Å². The zero-order chi connectivity index (χ0) is 12.9. The van der Waals surface area contributed by atoms with Crippen LogP contribution < -0.4 is 5.73 Å². The van der Waals surface area contributed by atoms with E-state index in [4.69, 9.17) is 10.5 Å². The van der Waals surface area contributed by atoms with E-state index in [-0.39, 0.29) is 11.4 Å². The van der Waals surface area contributed by atoms with E-state index < -0.39 is 0 Å². The van der Waals surface area contributed by atoms with E-state index in [0.717, 1.165) is 6.42 Å². The van der Waals surface area contributed by atoms with Crippen LogP contribution in [0.25, 0.3) is 0 Å². The number of hydrogen-bond acceptors (Lipinski definition) is 4. The maximum atomic E-state index is 12.1. The number of nitrogens with zero attached hydrogens (tertiary/aromatic N) is 2. The molecule has 0 spiro atoms. The Morgan fingerprint density at radius 3 is 2.53 bits per heavy atom. The van der Waals surface area contributed by atoms with Gasteiger partial charge in [-0.05, 0) is 20.4 Å². The van der Waals surface area contributed by atoms with Gasteiger partial charge in [0.2, 0.25) is 5.91 Å². The van der Waals surface area contributed by atoms with Crippen LogP contribution >= 0.6 is 0 Å². The monoisotopic (exact) mass is 243 g/mol. The van der Waals surface area contributed by atoms with Crippen LogP contribution in [0.5, 0.6) is 0 Å². The number of ether oxygens (including phenoxy) is 1. The first-order valence-corrected chi connectivity index (χ1v) is 6.30. The molecule has 2 N–H and O–H groups in total. The zero-order valence-corrected chi connectivity index (χ0v) is 11.2. The fraction of sp³-hybridized carbons (Fsp3) is 0.917. The quantitative estimate of drug-likeness (QED) is 0.733. The highest BCUT2D eigenvalue weighted by atomic mass is 16.5. The van der Waals surface area contributed by atoms with Gasteiger partial charge in [-0.3, -0.25) is 9.69 Å². The molecule has 1 heterocycles. The molecule has 100 valence electrons. The summed E-state index contributed by atoms with van der Waals surface area (Å²) in [4.78, 5) is 16.0. The maximum Gasteiger partial charge on any atom is 0.236 e. The van der Waals surface area contributed by atoms with Crippen LogP contribution in [0.1, 0.15) is 20.3 Å². The molecule has 1 atom stereocenters. The van der Waals surface area contributed by atoms with E-state index in [1.807, 2.05) is 11.9 Å². The highest BCUT2D eigenvalue weighted by Gasteiger charge is 2.28. The molecular weight excluding hydrogens is 218 g/mol. The van der Waals surface area contributed by atoms with Crippen LogP contribution in [-0.4, -0.2) is 67.7 Å². The second-order valence-corrected chi connectivity index (χ2v) is 4.90. The summed E-state index contributed by atoms with van der Waals surface area (Å²) in [6, 6.07) is 0. The fourth-order valence-corrected chi connectivity index (χ4v) is 1.88. The Balaban J connectivity index is 2.49.